The Morgan fingerprint density at radius 2 is 1.71 bits per heavy atom. The predicted molar refractivity (Wildman–Crippen MR) is 97.5 cm³/mol. The fraction of sp³-hybridized carbons (Fsp3) is 0. The predicted octanol–water partition coefficient (Wildman–Crippen LogP) is 5.09. The summed E-state index contributed by atoms with van der Waals surface area (Å²) >= 11 is 6.07. The molecule has 0 fully saturated rings. The Bertz CT molecular complexity index is 1000. The third kappa shape index (κ3) is 2.92. The van der Waals surface area contributed by atoms with E-state index >= 15 is 0 Å². The summed E-state index contributed by atoms with van der Waals surface area (Å²) in [4.78, 5) is 13.6. The Balaban J connectivity index is 1.86. The number of benzene rings is 2. The summed E-state index contributed by atoms with van der Waals surface area (Å²) in [5.74, 6) is 1.33. The van der Waals surface area contributed by atoms with Gasteiger partial charge in [-0.25, -0.2) is 15.0 Å². The monoisotopic (exact) mass is 332 g/mol. The van der Waals surface area contributed by atoms with Crippen LogP contribution in [0.2, 0.25) is 5.02 Å². The highest BCUT2D eigenvalue weighted by molar-refractivity contribution is 6.30. The van der Waals surface area contributed by atoms with E-state index in [1.54, 1.807) is 6.20 Å². The van der Waals surface area contributed by atoms with Crippen molar-refractivity contribution in [2.45, 2.75) is 0 Å². The van der Waals surface area contributed by atoms with E-state index in [1.165, 1.54) is 0 Å². The lowest BCUT2D eigenvalue weighted by Gasteiger charge is -2.10. The number of nitrogens with zero attached hydrogens (tertiary/aromatic N) is 3. The van der Waals surface area contributed by atoms with E-state index in [4.69, 9.17) is 16.6 Å². The molecule has 2 heterocycles. The molecule has 116 valence electrons. The Morgan fingerprint density at radius 3 is 2.54 bits per heavy atom. The maximum atomic E-state index is 6.07. The maximum Gasteiger partial charge on any atom is 0.165 e. The third-order valence-electron chi connectivity index (χ3n) is 3.59. The van der Waals surface area contributed by atoms with Crippen LogP contribution < -0.4 is 5.32 Å². The summed E-state index contributed by atoms with van der Waals surface area (Å²) in [5.41, 5.74) is 2.46. The van der Waals surface area contributed by atoms with Crippen LogP contribution >= 0.6 is 11.6 Å². The van der Waals surface area contributed by atoms with E-state index in [1.807, 2.05) is 66.7 Å². The van der Waals surface area contributed by atoms with Gasteiger partial charge >= 0.3 is 0 Å². The molecule has 0 amide bonds. The third-order valence-corrected chi connectivity index (χ3v) is 3.83. The van der Waals surface area contributed by atoms with Crippen molar-refractivity contribution in [3.63, 3.8) is 0 Å². The lowest BCUT2D eigenvalue weighted by molar-refractivity contribution is 1.19. The van der Waals surface area contributed by atoms with Gasteiger partial charge in [-0.15, -0.1) is 0 Å². The van der Waals surface area contributed by atoms with Gasteiger partial charge < -0.3 is 5.32 Å². The number of anilines is 2. The molecule has 2 aromatic carbocycles. The van der Waals surface area contributed by atoms with Crippen molar-refractivity contribution in [3.05, 3.63) is 77.9 Å². The zero-order chi connectivity index (χ0) is 16.4. The minimum absolute atomic E-state index is 0.631. The molecule has 4 aromatic rings. The normalized spacial score (nSPS) is 10.7. The standard InChI is InChI=1S/C19H13ClN4/c20-14-8-4-9-15(12-14)22-19-16-10-5-11-21-18(16)23-17(24-19)13-6-2-1-3-7-13/h1-12H,(H,21,22,23,24). The van der Waals surface area contributed by atoms with Crippen LogP contribution in [-0.4, -0.2) is 15.0 Å². The lowest BCUT2D eigenvalue weighted by atomic mass is 10.2. The molecule has 0 atom stereocenters. The molecule has 0 aliphatic heterocycles. The average Bonchev–Trinajstić information content (AvgIpc) is 2.62. The van der Waals surface area contributed by atoms with Crippen molar-refractivity contribution in [1.29, 1.82) is 0 Å². The van der Waals surface area contributed by atoms with Gasteiger partial charge in [-0.1, -0.05) is 48.0 Å². The van der Waals surface area contributed by atoms with Crippen molar-refractivity contribution in [1.82, 2.24) is 15.0 Å². The van der Waals surface area contributed by atoms with Crippen LogP contribution in [0, 0.1) is 0 Å². The molecule has 1 N–H and O–H groups in total. The summed E-state index contributed by atoms with van der Waals surface area (Å²) in [7, 11) is 0. The van der Waals surface area contributed by atoms with Gasteiger partial charge in [-0.3, -0.25) is 0 Å². The number of hydrogen-bond donors (Lipinski definition) is 1. The van der Waals surface area contributed by atoms with Gasteiger partial charge in [0.25, 0.3) is 0 Å². The van der Waals surface area contributed by atoms with Crippen molar-refractivity contribution in [2.75, 3.05) is 5.32 Å². The molecule has 0 aliphatic rings. The molecule has 0 aliphatic carbocycles. The molecule has 0 unspecified atom stereocenters. The molecule has 0 radical (unpaired) electrons. The van der Waals surface area contributed by atoms with Crippen LogP contribution in [0.5, 0.6) is 0 Å². The lowest BCUT2D eigenvalue weighted by Crippen LogP contribution is -2.00. The number of halogens is 1. The van der Waals surface area contributed by atoms with Crippen molar-refractivity contribution >= 4 is 34.1 Å². The number of fused-ring (bicyclic) bond motifs is 1. The summed E-state index contributed by atoms with van der Waals surface area (Å²) in [6.07, 6.45) is 1.73. The van der Waals surface area contributed by atoms with Crippen LogP contribution in [0.15, 0.2) is 72.9 Å². The first-order chi connectivity index (χ1) is 11.8. The minimum atomic E-state index is 0.631. The summed E-state index contributed by atoms with van der Waals surface area (Å²) < 4.78 is 0. The molecule has 0 bridgehead atoms. The molecule has 2 aromatic heterocycles. The van der Waals surface area contributed by atoms with Gasteiger partial charge in [-0.05, 0) is 30.3 Å². The summed E-state index contributed by atoms with van der Waals surface area (Å²) in [6, 6.07) is 21.2. The Labute approximate surface area is 144 Å². The van der Waals surface area contributed by atoms with Gasteiger partial charge in [0.15, 0.2) is 11.5 Å². The SMILES string of the molecule is Clc1cccc(Nc2nc(-c3ccccc3)nc3ncccc23)c1. The molecule has 0 saturated heterocycles. The van der Waals surface area contributed by atoms with E-state index in [2.05, 4.69) is 15.3 Å². The van der Waals surface area contributed by atoms with E-state index in [-0.39, 0.29) is 0 Å². The first-order valence-electron chi connectivity index (χ1n) is 7.50. The molecular formula is C19H13ClN4. The second kappa shape index (κ2) is 6.26. The molecule has 0 saturated carbocycles. The molecule has 4 rings (SSSR count). The summed E-state index contributed by atoms with van der Waals surface area (Å²) in [5, 5.41) is 4.85. The van der Waals surface area contributed by atoms with Gasteiger partial charge in [0.05, 0.1) is 5.39 Å². The zero-order valence-corrected chi connectivity index (χ0v) is 13.4. The molecule has 4 nitrogen and oxygen atoms in total. The topological polar surface area (TPSA) is 50.7 Å². The number of aromatic nitrogens is 3. The van der Waals surface area contributed by atoms with Crippen LogP contribution in [-0.2, 0) is 0 Å². The van der Waals surface area contributed by atoms with Crippen molar-refractivity contribution in [2.24, 2.45) is 0 Å². The molecule has 24 heavy (non-hydrogen) atoms. The fourth-order valence-electron chi connectivity index (χ4n) is 2.48. The second-order valence-electron chi connectivity index (χ2n) is 5.27. The quantitative estimate of drug-likeness (QED) is 0.567. The van der Waals surface area contributed by atoms with E-state index in [0.29, 0.717) is 22.3 Å². The molecule has 0 spiro atoms. The fourth-order valence-corrected chi connectivity index (χ4v) is 2.67. The highest BCUT2D eigenvalue weighted by atomic mass is 35.5. The highest BCUT2D eigenvalue weighted by Crippen LogP contribution is 2.27. The van der Waals surface area contributed by atoms with Gasteiger partial charge in [-0.2, -0.15) is 0 Å². The molecule has 5 heteroatoms. The van der Waals surface area contributed by atoms with Gasteiger partial charge in [0.2, 0.25) is 0 Å². The zero-order valence-electron chi connectivity index (χ0n) is 12.6. The van der Waals surface area contributed by atoms with Crippen LogP contribution in [0.4, 0.5) is 11.5 Å². The van der Waals surface area contributed by atoms with Gasteiger partial charge in [0.1, 0.15) is 5.82 Å². The number of pyridine rings is 1. The second-order valence-corrected chi connectivity index (χ2v) is 5.71. The maximum absolute atomic E-state index is 6.07. The number of nitrogens with one attached hydrogen (secondary N) is 1. The van der Waals surface area contributed by atoms with Crippen molar-refractivity contribution in [3.8, 4) is 11.4 Å². The Hall–Kier alpha value is -2.98. The summed E-state index contributed by atoms with van der Waals surface area (Å²) in [6.45, 7) is 0. The Kier molecular flexibility index (Phi) is 3.81. The average molecular weight is 333 g/mol. The van der Waals surface area contributed by atoms with Gasteiger partial charge in [0, 0.05) is 22.5 Å². The van der Waals surface area contributed by atoms with E-state index in [9.17, 15) is 0 Å². The smallest absolute Gasteiger partial charge is 0.165 e. The van der Waals surface area contributed by atoms with E-state index < -0.39 is 0 Å². The molecular weight excluding hydrogens is 320 g/mol. The van der Waals surface area contributed by atoms with Crippen LogP contribution in [0.3, 0.4) is 0 Å². The van der Waals surface area contributed by atoms with Crippen LogP contribution in [0.1, 0.15) is 0 Å². The minimum Gasteiger partial charge on any atom is -0.340 e. The van der Waals surface area contributed by atoms with Crippen LogP contribution in [0.25, 0.3) is 22.4 Å². The number of hydrogen-bond acceptors (Lipinski definition) is 4. The number of rotatable bonds is 3. The largest absolute Gasteiger partial charge is 0.340 e. The van der Waals surface area contributed by atoms with E-state index in [0.717, 1.165) is 16.6 Å². The highest BCUT2D eigenvalue weighted by Gasteiger charge is 2.10. The Morgan fingerprint density at radius 1 is 0.833 bits per heavy atom. The first-order valence-corrected chi connectivity index (χ1v) is 7.88. The first kappa shape index (κ1) is 14.6. The van der Waals surface area contributed by atoms with Crippen molar-refractivity contribution < 1.29 is 0 Å².